The molecule has 2 saturated heterocycles. The van der Waals surface area contributed by atoms with Crippen molar-refractivity contribution in [1.82, 2.24) is 20.0 Å². The maximum absolute atomic E-state index is 13.1. The summed E-state index contributed by atoms with van der Waals surface area (Å²) in [4.78, 5) is 42.7. The second-order valence-electron chi connectivity index (χ2n) is 7.37. The Kier molecular flexibility index (Phi) is 6.61. The molecule has 0 saturated carbocycles. The molecule has 3 amide bonds. The molecule has 2 fully saturated rings. The Labute approximate surface area is 164 Å². The monoisotopic (exact) mass is 390 g/mol. The van der Waals surface area contributed by atoms with Gasteiger partial charge in [0.15, 0.2) is 0 Å². The van der Waals surface area contributed by atoms with Crippen LogP contribution >= 0.6 is 0 Å². The number of rotatable bonds is 4. The predicted octanol–water partition coefficient (Wildman–Crippen LogP) is 0.568. The van der Waals surface area contributed by atoms with Crippen LogP contribution in [0.2, 0.25) is 0 Å². The Morgan fingerprint density at radius 1 is 1.04 bits per heavy atom. The third-order valence-corrected chi connectivity index (χ3v) is 5.48. The molecule has 8 heteroatoms. The van der Waals surface area contributed by atoms with E-state index >= 15 is 0 Å². The zero-order valence-electron chi connectivity index (χ0n) is 16.2. The van der Waals surface area contributed by atoms with Gasteiger partial charge in [0.1, 0.15) is 5.82 Å². The Balaban J connectivity index is 1.54. The molecule has 152 valence electrons. The normalized spacial score (nSPS) is 20.7. The first kappa shape index (κ1) is 20.3. The molecule has 0 aliphatic carbocycles. The molecule has 2 aliphatic rings. The summed E-state index contributed by atoms with van der Waals surface area (Å²) in [5.41, 5.74) is 0.442. The van der Waals surface area contributed by atoms with E-state index in [2.05, 4.69) is 5.32 Å². The molecular weight excluding hydrogens is 363 g/mol. The van der Waals surface area contributed by atoms with Gasteiger partial charge in [-0.2, -0.15) is 0 Å². The van der Waals surface area contributed by atoms with E-state index in [1.807, 2.05) is 9.80 Å². The molecule has 1 aromatic rings. The van der Waals surface area contributed by atoms with Crippen molar-refractivity contribution in [2.45, 2.75) is 12.8 Å². The maximum Gasteiger partial charge on any atom is 0.253 e. The van der Waals surface area contributed by atoms with Crippen molar-refractivity contribution in [3.8, 4) is 0 Å². The highest BCUT2D eigenvalue weighted by Gasteiger charge is 2.33. The van der Waals surface area contributed by atoms with Gasteiger partial charge in [-0.1, -0.05) is 0 Å². The summed E-state index contributed by atoms with van der Waals surface area (Å²) < 4.78 is 13.1. The Hall–Kier alpha value is -2.48. The number of hydrogen-bond donors (Lipinski definition) is 1. The fraction of sp³-hybridized carbons (Fsp3) is 0.550. The number of likely N-dealkylation sites (N-methyl/N-ethyl adjacent to an activating group) is 1. The Morgan fingerprint density at radius 2 is 1.71 bits per heavy atom. The summed E-state index contributed by atoms with van der Waals surface area (Å²) in [6.07, 6.45) is 1.55. The zero-order chi connectivity index (χ0) is 20.1. The van der Waals surface area contributed by atoms with E-state index in [4.69, 9.17) is 0 Å². The van der Waals surface area contributed by atoms with Gasteiger partial charge in [0.2, 0.25) is 11.8 Å². The van der Waals surface area contributed by atoms with Gasteiger partial charge in [-0.3, -0.25) is 19.3 Å². The van der Waals surface area contributed by atoms with Gasteiger partial charge in [0, 0.05) is 51.9 Å². The van der Waals surface area contributed by atoms with Crippen molar-refractivity contribution in [2.24, 2.45) is 5.92 Å². The number of amides is 3. The van der Waals surface area contributed by atoms with Crippen molar-refractivity contribution in [1.29, 1.82) is 0 Å². The Morgan fingerprint density at radius 3 is 2.36 bits per heavy atom. The Bertz CT molecular complexity index is 717. The molecule has 2 heterocycles. The van der Waals surface area contributed by atoms with Gasteiger partial charge in [-0.05, 0) is 37.1 Å². The minimum absolute atomic E-state index is 0.0259. The third kappa shape index (κ3) is 4.86. The lowest BCUT2D eigenvalue weighted by Gasteiger charge is -2.38. The summed E-state index contributed by atoms with van der Waals surface area (Å²) in [5, 5.41) is 2.61. The third-order valence-electron chi connectivity index (χ3n) is 5.48. The first-order valence-electron chi connectivity index (χ1n) is 9.74. The number of likely N-dealkylation sites (tertiary alicyclic amines) is 1. The van der Waals surface area contributed by atoms with Crippen molar-refractivity contribution in [3.63, 3.8) is 0 Å². The lowest BCUT2D eigenvalue weighted by Crippen LogP contribution is -2.54. The lowest BCUT2D eigenvalue weighted by molar-refractivity contribution is -0.138. The highest BCUT2D eigenvalue weighted by atomic mass is 19.1. The van der Waals surface area contributed by atoms with Crippen molar-refractivity contribution < 1.29 is 18.8 Å². The van der Waals surface area contributed by atoms with Gasteiger partial charge in [0.05, 0.1) is 12.5 Å². The highest BCUT2D eigenvalue weighted by Crippen LogP contribution is 2.21. The number of piperazine rings is 1. The first-order chi connectivity index (χ1) is 13.5. The number of carbonyl (C=O) groups is 3. The second-order valence-corrected chi connectivity index (χ2v) is 7.37. The fourth-order valence-corrected chi connectivity index (χ4v) is 3.80. The number of nitrogens with zero attached hydrogens (tertiary/aromatic N) is 3. The second kappa shape index (κ2) is 9.14. The van der Waals surface area contributed by atoms with E-state index in [1.165, 1.54) is 24.3 Å². The molecule has 7 nitrogen and oxygen atoms in total. The SMILES string of the molecule is CNC(=O)CN1CCN(C(=O)C2CCCN(C(=O)c3ccc(F)cc3)C2)CC1. The van der Waals surface area contributed by atoms with Crippen LogP contribution in [0.5, 0.6) is 0 Å². The number of benzene rings is 1. The minimum atomic E-state index is -0.376. The highest BCUT2D eigenvalue weighted by molar-refractivity contribution is 5.94. The topological polar surface area (TPSA) is 73.0 Å². The van der Waals surface area contributed by atoms with Crippen LogP contribution in [0, 0.1) is 11.7 Å². The molecule has 1 atom stereocenters. The van der Waals surface area contributed by atoms with Crippen LogP contribution in [-0.4, -0.2) is 85.3 Å². The molecule has 1 N–H and O–H groups in total. The van der Waals surface area contributed by atoms with Crippen LogP contribution < -0.4 is 5.32 Å². The van der Waals surface area contributed by atoms with Crippen LogP contribution in [0.15, 0.2) is 24.3 Å². The fourth-order valence-electron chi connectivity index (χ4n) is 3.80. The molecular formula is C20H27FN4O3. The van der Waals surface area contributed by atoms with E-state index in [0.29, 0.717) is 51.4 Å². The van der Waals surface area contributed by atoms with Gasteiger partial charge >= 0.3 is 0 Å². The van der Waals surface area contributed by atoms with Crippen molar-refractivity contribution in [3.05, 3.63) is 35.6 Å². The molecule has 3 rings (SSSR count). The summed E-state index contributed by atoms with van der Waals surface area (Å²) >= 11 is 0. The molecule has 0 spiro atoms. The number of carbonyl (C=O) groups excluding carboxylic acids is 3. The summed E-state index contributed by atoms with van der Waals surface area (Å²) in [5.74, 6) is -0.687. The van der Waals surface area contributed by atoms with E-state index in [9.17, 15) is 18.8 Å². The van der Waals surface area contributed by atoms with Crippen LogP contribution in [0.4, 0.5) is 4.39 Å². The predicted molar refractivity (Wildman–Crippen MR) is 102 cm³/mol. The van der Waals surface area contributed by atoms with E-state index in [-0.39, 0.29) is 29.5 Å². The van der Waals surface area contributed by atoms with Crippen LogP contribution in [-0.2, 0) is 9.59 Å². The van der Waals surface area contributed by atoms with E-state index in [0.717, 1.165) is 12.8 Å². The maximum atomic E-state index is 13.1. The van der Waals surface area contributed by atoms with Gasteiger partial charge < -0.3 is 15.1 Å². The zero-order valence-corrected chi connectivity index (χ0v) is 16.2. The summed E-state index contributed by atoms with van der Waals surface area (Å²) in [6.45, 7) is 3.89. The lowest BCUT2D eigenvalue weighted by atomic mass is 9.95. The van der Waals surface area contributed by atoms with Crippen LogP contribution in [0.1, 0.15) is 23.2 Å². The standard InChI is InChI=1S/C20H27FN4O3/c1-22-18(26)14-23-9-11-24(12-10-23)20(28)16-3-2-8-25(13-16)19(27)15-4-6-17(21)7-5-15/h4-7,16H,2-3,8-14H2,1H3,(H,22,26). The first-order valence-corrected chi connectivity index (χ1v) is 9.74. The van der Waals surface area contributed by atoms with Crippen LogP contribution in [0.3, 0.4) is 0 Å². The minimum Gasteiger partial charge on any atom is -0.358 e. The number of halogens is 1. The average molecular weight is 390 g/mol. The van der Waals surface area contributed by atoms with Crippen molar-refractivity contribution >= 4 is 17.7 Å². The summed E-state index contributed by atoms with van der Waals surface area (Å²) in [6, 6.07) is 5.51. The smallest absolute Gasteiger partial charge is 0.253 e. The molecule has 1 aromatic carbocycles. The number of hydrogen-bond acceptors (Lipinski definition) is 4. The van der Waals surface area contributed by atoms with Crippen molar-refractivity contribution in [2.75, 3.05) is 52.9 Å². The van der Waals surface area contributed by atoms with Gasteiger partial charge in [-0.25, -0.2) is 4.39 Å². The van der Waals surface area contributed by atoms with E-state index < -0.39 is 0 Å². The van der Waals surface area contributed by atoms with E-state index in [1.54, 1.807) is 11.9 Å². The molecule has 0 radical (unpaired) electrons. The molecule has 0 aromatic heterocycles. The summed E-state index contributed by atoms with van der Waals surface area (Å²) in [7, 11) is 1.62. The quantitative estimate of drug-likeness (QED) is 0.816. The molecule has 1 unspecified atom stereocenters. The molecule has 2 aliphatic heterocycles. The number of nitrogens with one attached hydrogen (secondary N) is 1. The van der Waals surface area contributed by atoms with Gasteiger partial charge in [0.25, 0.3) is 5.91 Å². The largest absolute Gasteiger partial charge is 0.358 e. The van der Waals surface area contributed by atoms with Crippen LogP contribution in [0.25, 0.3) is 0 Å². The number of piperidine rings is 1. The molecule has 28 heavy (non-hydrogen) atoms. The average Bonchev–Trinajstić information content (AvgIpc) is 2.74. The molecule has 0 bridgehead atoms. The van der Waals surface area contributed by atoms with Gasteiger partial charge in [-0.15, -0.1) is 0 Å².